The number of thiophene rings is 1. The van der Waals surface area contributed by atoms with Crippen molar-refractivity contribution < 1.29 is 14.7 Å². The van der Waals surface area contributed by atoms with E-state index in [2.05, 4.69) is 10.6 Å². The van der Waals surface area contributed by atoms with Crippen LogP contribution in [0.25, 0.3) is 10.4 Å². The molecule has 0 saturated heterocycles. The standard InChI is InChI=1S/C18H20N2O3S/c1-12-5-8-24-15(12)13-3-2-4-14(9-13)20-17(23)16(22)19-10-18(11-21)6-7-18/h2-5,8-9,21H,6-7,10-11H2,1H3,(H,19,22)(H,20,23). The first-order chi connectivity index (χ1) is 11.5. The highest BCUT2D eigenvalue weighted by Gasteiger charge is 2.42. The van der Waals surface area contributed by atoms with Gasteiger partial charge in [-0.25, -0.2) is 0 Å². The molecule has 1 aliphatic carbocycles. The fourth-order valence-corrected chi connectivity index (χ4v) is 3.44. The molecule has 1 aromatic heterocycles. The number of hydrogen-bond donors (Lipinski definition) is 3. The Kier molecular flexibility index (Phi) is 4.69. The van der Waals surface area contributed by atoms with Crippen molar-refractivity contribution in [2.24, 2.45) is 5.41 Å². The normalized spacial score (nSPS) is 14.9. The number of aliphatic hydroxyl groups excluding tert-OH is 1. The summed E-state index contributed by atoms with van der Waals surface area (Å²) in [5.41, 5.74) is 2.56. The summed E-state index contributed by atoms with van der Waals surface area (Å²) in [4.78, 5) is 25.1. The number of anilines is 1. The van der Waals surface area contributed by atoms with E-state index in [-0.39, 0.29) is 12.0 Å². The van der Waals surface area contributed by atoms with Crippen LogP contribution in [-0.4, -0.2) is 30.1 Å². The minimum Gasteiger partial charge on any atom is -0.396 e. The lowest BCUT2D eigenvalue weighted by Crippen LogP contribution is -2.39. The highest BCUT2D eigenvalue weighted by atomic mass is 32.1. The first kappa shape index (κ1) is 16.7. The van der Waals surface area contributed by atoms with E-state index in [1.165, 1.54) is 5.56 Å². The quantitative estimate of drug-likeness (QED) is 0.730. The molecular weight excluding hydrogens is 324 g/mol. The van der Waals surface area contributed by atoms with Crippen molar-refractivity contribution in [2.45, 2.75) is 19.8 Å². The minimum atomic E-state index is -0.691. The van der Waals surface area contributed by atoms with Crippen LogP contribution in [0.2, 0.25) is 0 Å². The van der Waals surface area contributed by atoms with Crippen molar-refractivity contribution in [3.05, 3.63) is 41.3 Å². The highest BCUT2D eigenvalue weighted by molar-refractivity contribution is 7.13. The van der Waals surface area contributed by atoms with E-state index < -0.39 is 11.8 Å². The molecule has 3 N–H and O–H groups in total. The maximum absolute atomic E-state index is 12.0. The molecule has 0 bridgehead atoms. The Morgan fingerprint density at radius 1 is 1.25 bits per heavy atom. The maximum atomic E-state index is 12.0. The van der Waals surface area contributed by atoms with Crippen LogP contribution in [0.1, 0.15) is 18.4 Å². The van der Waals surface area contributed by atoms with Gasteiger partial charge < -0.3 is 15.7 Å². The molecule has 0 unspecified atom stereocenters. The topological polar surface area (TPSA) is 78.4 Å². The molecule has 5 nitrogen and oxygen atoms in total. The van der Waals surface area contributed by atoms with Crippen LogP contribution in [0.5, 0.6) is 0 Å². The largest absolute Gasteiger partial charge is 0.396 e. The van der Waals surface area contributed by atoms with Crippen molar-refractivity contribution >= 4 is 28.8 Å². The molecule has 0 aliphatic heterocycles. The van der Waals surface area contributed by atoms with Gasteiger partial charge in [-0.05, 0) is 54.5 Å². The van der Waals surface area contributed by atoms with Gasteiger partial charge in [-0.2, -0.15) is 0 Å². The van der Waals surface area contributed by atoms with E-state index in [0.717, 1.165) is 23.3 Å². The van der Waals surface area contributed by atoms with Crippen molar-refractivity contribution in [3.63, 3.8) is 0 Å². The summed E-state index contributed by atoms with van der Waals surface area (Å²) in [7, 11) is 0. The minimum absolute atomic E-state index is 0.0388. The lowest BCUT2D eigenvalue weighted by atomic mass is 10.1. The fourth-order valence-electron chi connectivity index (χ4n) is 2.51. The van der Waals surface area contributed by atoms with E-state index in [9.17, 15) is 14.7 Å². The number of aryl methyl sites for hydroxylation is 1. The van der Waals surface area contributed by atoms with E-state index in [1.54, 1.807) is 17.4 Å². The zero-order valence-corrected chi connectivity index (χ0v) is 14.3. The van der Waals surface area contributed by atoms with Crippen molar-refractivity contribution in [2.75, 3.05) is 18.5 Å². The number of carbonyl (C=O) groups excluding carboxylic acids is 2. The van der Waals surface area contributed by atoms with Crippen LogP contribution in [-0.2, 0) is 9.59 Å². The molecule has 0 spiro atoms. The second-order valence-electron chi connectivity index (χ2n) is 6.31. The number of benzene rings is 1. The third-order valence-electron chi connectivity index (χ3n) is 4.37. The number of amides is 2. The van der Waals surface area contributed by atoms with Crippen LogP contribution in [0.15, 0.2) is 35.7 Å². The fraction of sp³-hybridized carbons (Fsp3) is 0.333. The second-order valence-corrected chi connectivity index (χ2v) is 7.22. The van der Waals surface area contributed by atoms with Gasteiger partial charge >= 0.3 is 11.8 Å². The van der Waals surface area contributed by atoms with Gasteiger partial charge in [0.25, 0.3) is 0 Å². The van der Waals surface area contributed by atoms with E-state index >= 15 is 0 Å². The number of hydrogen-bond acceptors (Lipinski definition) is 4. The lowest BCUT2D eigenvalue weighted by molar-refractivity contribution is -0.136. The third-order valence-corrected chi connectivity index (χ3v) is 5.43. The molecule has 6 heteroatoms. The van der Waals surface area contributed by atoms with Crippen LogP contribution in [0, 0.1) is 12.3 Å². The Morgan fingerprint density at radius 2 is 2.04 bits per heavy atom. The van der Waals surface area contributed by atoms with Gasteiger partial charge in [0.2, 0.25) is 0 Å². The molecule has 2 aromatic rings. The Balaban J connectivity index is 1.62. The Bertz CT molecular complexity index is 765. The number of aliphatic hydroxyl groups is 1. The van der Waals surface area contributed by atoms with E-state index in [0.29, 0.717) is 12.2 Å². The molecule has 1 aromatic carbocycles. The Labute approximate surface area is 144 Å². The molecule has 1 aliphatic rings. The van der Waals surface area contributed by atoms with Gasteiger partial charge in [-0.3, -0.25) is 9.59 Å². The van der Waals surface area contributed by atoms with Crippen LogP contribution in [0.4, 0.5) is 5.69 Å². The molecule has 3 rings (SSSR count). The molecule has 0 radical (unpaired) electrons. The lowest BCUT2D eigenvalue weighted by Gasteiger charge is -2.12. The Morgan fingerprint density at radius 3 is 2.67 bits per heavy atom. The third kappa shape index (κ3) is 3.66. The predicted octanol–water partition coefficient (Wildman–Crippen LogP) is 2.55. The zero-order valence-electron chi connectivity index (χ0n) is 13.5. The van der Waals surface area contributed by atoms with Gasteiger partial charge in [0, 0.05) is 22.5 Å². The molecule has 24 heavy (non-hydrogen) atoms. The molecular formula is C18H20N2O3S. The summed E-state index contributed by atoms with van der Waals surface area (Å²) < 4.78 is 0. The molecule has 1 saturated carbocycles. The zero-order chi connectivity index (χ0) is 17.2. The Hall–Kier alpha value is -2.18. The van der Waals surface area contributed by atoms with Crippen LogP contribution < -0.4 is 10.6 Å². The average molecular weight is 344 g/mol. The monoisotopic (exact) mass is 344 g/mol. The number of carbonyl (C=O) groups is 2. The predicted molar refractivity (Wildman–Crippen MR) is 94.9 cm³/mol. The van der Waals surface area contributed by atoms with Gasteiger partial charge in [-0.1, -0.05) is 12.1 Å². The first-order valence-electron chi connectivity index (χ1n) is 7.88. The summed E-state index contributed by atoms with van der Waals surface area (Å²) in [6.45, 7) is 2.42. The summed E-state index contributed by atoms with van der Waals surface area (Å²) >= 11 is 1.64. The molecule has 2 amide bonds. The molecule has 1 fully saturated rings. The van der Waals surface area contributed by atoms with Crippen LogP contribution >= 0.6 is 11.3 Å². The van der Waals surface area contributed by atoms with Gasteiger partial charge in [-0.15, -0.1) is 11.3 Å². The average Bonchev–Trinajstić information content (AvgIpc) is 3.25. The second kappa shape index (κ2) is 6.75. The molecule has 1 heterocycles. The van der Waals surface area contributed by atoms with Crippen LogP contribution in [0.3, 0.4) is 0 Å². The summed E-state index contributed by atoms with van der Waals surface area (Å²) in [5.74, 6) is -1.36. The molecule has 0 atom stereocenters. The summed E-state index contributed by atoms with van der Waals surface area (Å²) in [6.07, 6.45) is 1.77. The van der Waals surface area contributed by atoms with E-state index in [4.69, 9.17) is 0 Å². The van der Waals surface area contributed by atoms with Crippen molar-refractivity contribution in [1.29, 1.82) is 0 Å². The van der Waals surface area contributed by atoms with Gasteiger partial charge in [0.15, 0.2) is 0 Å². The smallest absolute Gasteiger partial charge is 0.313 e. The SMILES string of the molecule is Cc1ccsc1-c1cccc(NC(=O)C(=O)NCC2(CO)CC2)c1. The maximum Gasteiger partial charge on any atom is 0.313 e. The highest BCUT2D eigenvalue weighted by Crippen LogP contribution is 2.44. The first-order valence-corrected chi connectivity index (χ1v) is 8.76. The van der Waals surface area contributed by atoms with Gasteiger partial charge in [0.05, 0.1) is 6.61 Å². The van der Waals surface area contributed by atoms with Crippen molar-refractivity contribution in [1.82, 2.24) is 5.32 Å². The number of nitrogens with one attached hydrogen (secondary N) is 2. The van der Waals surface area contributed by atoms with Gasteiger partial charge in [0.1, 0.15) is 0 Å². The molecule has 126 valence electrons. The van der Waals surface area contributed by atoms with Crippen molar-refractivity contribution in [3.8, 4) is 10.4 Å². The summed E-state index contributed by atoms with van der Waals surface area (Å²) in [6, 6.07) is 9.50. The summed E-state index contributed by atoms with van der Waals surface area (Å²) in [5, 5.41) is 16.5. The number of rotatable bonds is 5. The van der Waals surface area contributed by atoms with E-state index in [1.807, 2.05) is 36.6 Å².